The Bertz CT molecular complexity index is 345. The molecule has 0 atom stereocenters. The monoisotopic (exact) mass is 288 g/mol. The predicted molar refractivity (Wildman–Crippen MR) is 77.6 cm³/mol. The van der Waals surface area contributed by atoms with Crippen molar-refractivity contribution in [2.75, 3.05) is 25.4 Å². The molecule has 1 heterocycles. The number of carboxylic acids is 1. The van der Waals surface area contributed by atoms with Crippen molar-refractivity contribution in [1.29, 1.82) is 0 Å². The van der Waals surface area contributed by atoms with Crippen LogP contribution >= 0.6 is 11.8 Å². The van der Waals surface area contributed by atoms with E-state index in [4.69, 9.17) is 5.11 Å². The lowest BCUT2D eigenvalue weighted by atomic mass is 10.2. The highest BCUT2D eigenvalue weighted by molar-refractivity contribution is 8.00. The zero-order valence-electron chi connectivity index (χ0n) is 12.2. The molecule has 0 unspecified atom stereocenters. The first kappa shape index (κ1) is 16.1. The van der Waals surface area contributed by atoms with E-state index in [9.17, 15) is 9.59 Å². The van der Waals surface area contributed by atoms with Gasteiger partial charge in [-0.25, -0.2) is 4.79 Å². The second-order valence-corrected chi connectivity index (χ2v) is 7.55. The van der Waals surface area contributed by atoms with E-state index < -0.39 is 5.97 Å². The van der Waals surface area contributed by atoms with E-state index in [1.807, 2.05) is 30.5 Å². The summed E-state index contributed by atoms with van der Waals surface area (Å²) in [4.78, 5) is 26.7. The molecule has 0 aromatic heterocycles. The number of hydrogen-bond acceptors (Lipinski definition) is 3. The van der Waals surface area contributed by atoms with Crippen LogP contribution in [-0.2, 0) is 4.79 Å². The quantitative estimate of drug-likeness (QED) is 0.861. The highest BCUT2D eigenvalue weighted by Gasteiger charge is 2.32. The van der Waals surface area contributed by atoms with Crippen LogP contribution in [0.15, 0.2) is 0 Å². The van der Waals surface area contributed by atoms with E-state index in [0.717, 1.165) is 12.3 Å². The van der Waals surface area contributed by atoms with Gasteiger partial charge in [-0.15, -0.1) is 0 Å². The number of rotatable bonds is 4. The zero-order valence-corrected chi connectivity index (χ0v) is 13.0. The van der Waals surface area contributed by atoms with Crippen molar-refractivity contribution in [1.82, 2.24) is 9.80 Å². The van der Waals surface area contributed by atoms with Gasteiger partial charge in [-0.1, -0.05) is 0 Å². The molecule has 6 heteroatoms. The van der Waals surface area contributed by atoms with Crippen molar-refractivity contribution in [3.63, 3.8) is 0 Å². The Morgan fingerprint density at radius 1 is 1.42 bits per heavy atom. The van der Waals surface area contributed by atoms with Crippen LogP contribution in [0.5, 0.6) is 0 Å². The van der Waals surface area contributed by atoms with Gasteiger partial charge in [0.2, 0.25) is 0 Å². The van der Waals surface area contributed by atoms with E-state index in [1.165, 1.54) is 0 Å². The van der Waals surface area contributed by atoms with E-state index in [2.05, 4.69) is 13.8 Å². The molecule has 0 aromatic carbocycles. The molecule has 0 aliphatic carbocycles. The Morgan fingerprint density at radius 2 is 2.05 bits per heavy atom. The van der Waals surface area contributed by atoms with Crippen molar-refractivity contribution in [2.24, 2.45) is 0 Å². The molecule has 0 aromatic rings. The molecule has 0 spiro atoms. The highest BCUT2D eigenvalue weighted by Crippen LogP contribution is 2.30. The van der Waals surface area contributed by atoms with Crippen LogP contribution in [-0.4, -0.2) is 63.1 Å². The lowest BCUT2D eigenvalue weighted by Gasteiger charge is -2.40. The summed E-state index contributed by atoms with van der Waals surface area (Å²) in [5.41, 5.74) is 0. The van der Waals surface area contributed by atoms with Gasteiger partial charge < -0.3 is 14.9 Å². The first-order valence-corrected chi connectivity index (χ1v) is 7.63. The standard InChI is InChI=1S/C13H24N2O3S/c1-10(2)15(6-5-11(16)17)12(18)14-7-8-19-13(3,4)9-14/h10H,5-9H2,1-4H3,(H,16,17). The maximum Gasteiger partial charge on any atom is 0.320 e. The number of carboxylic acid groups (broad SMARTS) is 1. The molecule has 1 saturated heterocycles. The first-order chi connectivity index (χ1) is 8.73. The van der Waals surface area contributed by atoms with Crippen molar-refractivity contribution < 1.29 is 14.7 Å². The first-order valence-electron chi connectivity index (χ1n) is 6.64. The molecule has 1 rings (SSSR count). The third-order valence-corrected chi connectivity index (χ3v) is 4.43. The molecular formula is C13H24N2O3S. The molecule has 0 radical (unpaired) electrons. The second kappa shape index (κ2) is 6.50. The van der Waals surface area contributed by atoms with Crippen LogP contribution in [0.4, 0.5) is 4.79 Å². The average Bonchev–Trinajstić information content (AvgIpc) is 2.26. The summed E-state index contributed by atoms with van der Waals surface area (Å²) >= 11 is 1.87. The predicted octanol–water partition coefficient (Wildman–Crippen LogP) is 2.12. The number of carbonyl (C=O) groups is 2. The summed E-state index contributed by atoms with van der Waals surface area (Å²) in [6.07, 6.45) is -0.00406. The fourth-order valence-electron chi connectivity index (χ4n) is 2.15. The van der Waals surface area contributed by atoms with Crippen molar-refractivity contribution >= 4 is 23.8 Å². The third-order valence-electron chi connectivity index (χ3n) is 3.13. The molecule has 110 valence electrons. The van der Waals surface area contributed by atoms with Crippen LogP contribution in [0.25, 0.3) is 0 Å². The Kier molecular flexibility index (Phi) is 5.52. The summed E-state index contributed by atoms with van der Waals surface area (Å²) in [5.74, 6) is 0.0665. The summed E-state index contributed by atoms with van der Waals surface area (Å²) in [6, 6.07) is -0.0193. The van der Waals surface area contributed by atoms with Crippen LogP contribution in [0.3, 0.4) is 0 Å². The van der Waals surface area contributed by atoms with Crippen LogP contribution in [0.2, 0.25) is 0 Å². The van der Waals surface area contributed by atoms with Crippen molar-refractivity contribution in [2.45, 2.75) is 44.9 Å². The van der Waals surface area contributed by atoms with Crippen molar-refractivity contribution in [3.8, 4) is 0 Å². The van der Waals surface area contributed by atoms with E-state index in [-0.39, 0.29) is 29.8 Å². The second-order valence-electron chi connectivity index (χ2n) is 5.74. The van der Waals surface area contributed by atoms with E-state index in [0.29, 0.717) is 6.54 Å². The Labute approximate surface area is 119 Å². The van der Waals surface area contributed by atoms with Gasteiger partial charge in [0.1, 0.15) is 0 Å². The number of amides is 2. The minimum absolute atomic E-state index is 0.00406. The van der Waals surface area contributed by atoms with Crippen LogP contribution < -0.4 is 0 Å². The highest BCUT2D eigenvalue weighted by atomic mass is 32.2. The summed E-state index contributed by atoms with van der Waals surface area (Å²) in [6.45, 7) is 9.83. The van der Waals surface area contributed by atoms with Gasteiger partial charge in [0.15, 0.2) is 0 Å². The Balaban J connectivity index is 2.68. The number of carbonyl (C=O) groups excluding carboxylic acids is 1. The molecule has 1 aliphatic rings. The molecule has 1 fully saturated rings. The molecule has 1 N–H and O–H groups in total. The number of nitrogens with zero attached hydrogens (tertiary/aromatic N) is 2. The Hall–Kier alpha value is -0.910. The SMILES string of the molecule is CC(C)N(CCC(=O)O)C(=O)N1CCSC(C)(C)C1. The molecule has 2 amide bonds. The smallest absolute Gasteiger partial charge is 0.320 e. The lowest BCUT2D eigenvalue weighted by Crippen LogP contribution is -2.53. The number of hydrogen-bond donors (Lipinski definition) is 1. The molecule has 1 aliphatic heterocycles. The zero-order chi connectivity index (χ0) is 14.6. The maximum absolute atomic E-state index is 12.5. The fourth-order valence-corrected chi connectivity index (χ4v) is 3.26. The van der Waals surface area contributed by atoms with Crippen molar-refractivity contribution in [3.05, 3.63) is 0 Å². The Morgan fingerprint density at radius 3 is 2.53 bits per heavy atom. The molecule has 0 bridgehead atoms. The molecule has 5 nitrogen and oxygen atoms in total. The third kappa shape index (κ3) is 4.93. The van der Waals surface area contributed by atoms with Crippen LogP contribution in [0, 0.1) is 0 Å². The number of aliphatic carboxylic acids is 1. The summed E-state index contributed by atoms with van der Waals surface area (Å²) in [7, 11) is 0. The molecular weight excluding hydrogens is 264 g/mol. The minimum atomic E-state index is -0.868. The van der Waals surface area contributed by atoms with Gasteiger partial charge in [0.05, 0.1) is 6.42 Å². The van der Waals surface area contributed by atoms with Gasteiger partial charge in [-0.3, -0.25) is 4.79 Å². The average molecular weight is 288 g/mol. The van der Waals surface area contributed by atoms with Gasteiger partial charge in [0, 0.05) is 36.2 Å². The largest absolute Gasteiger partial charge is 0.481 e. The normalized spacial score (nSPS) is 18.5. The van der Waals surface area contributed by atoms with E-state index in [1.54, 1.807) is 4.90 Å². The fraction of sp³-hybridized carbons (Fsp3) is 0.846. The summed E-state index contributed by atoms with van der Waals surface area (Å²) < 4.78 is 0.0728. The number of thioether (sulfide) groups is 1. The van der Waals surface area contributed by atoms with Gasteiger partial charge >= 0.3 is 12.0 Å². The van der Waals surface area contributed by atoms with Crippen LogP contribution in [0.1, 0.15) is 34.1 Å². The molecule has 0 saturated carbocycles. The molecule has 19 heavy (non-hydrogen) atoms. The van der Waals surface area contributed by atoms with Gasteiger partial charge in [-0.05, 0) is 27.7 Å². The topological polar surface area (TPSA) is 60.9 Å². The lowest BCUT2D eigenvalue weighted by molar-refractivity contribution is -0.137. The summed E-state index contributed by atoms with van der Waals surface area (Å²) in [5, 5.41) is 8.76. The number of urea groups is 1. The van der Waals surface area contributed by atoms with E-state index >= 15 is 0 Å². The minimum Gasteiger partial charge on any atom is -0.481 e. The maximum atomic E-state index is 12.5. The van der Waals surface area contributed by atoms with Gasteiger partial charge in [0.25, 0.3) is 0 Å². The van der Waals surface area contributed by atoms with Gasteiger partial charge in [-0.2, -0.15) is 11.8 Å².